The Labute approximate surface area is 185 Å². The number of phenols is 1. The normalized spacial score (nSPS) is 14.9. The Morgan fingerprint density at radius 1 is 1.09 bits per heavy atom. The average Bonchev–Trinajstić information content (AvgIpc) is 3.20. The van der Waals surface area contributed by atoms with Crippen molar-refractivity contribution >= 4 is 16.8 Å². The van der Waals surface area contributed by atoms with Gasteiger partial charge in [0.25, 0.3) is 5.91 Å². The number of fused-ring (bicyclic) bond motifs is 2. The van der Waals surface area contributed by atoms with Crippen molar-refractivity contribution in [2.75, 3.05) is 13.2 Å². The maximum Gasteiger partial charge on any atom is 0.251 e. The third-order valence-corrected chi connectivity index (χ3v) is 5.38. The Morgan fingerprint density at radius 2 is 1.97 bits per heavy atom. The molecule has 1 aliphatic rings. The molecule has 2 heterocycles. The molecule has 7 nitrogen and oxygen atoms in total. The van der Waals surface area contributed by atoms with E-state index >= 15 is 0 Å². The van der Waals surface area contributed by atoms with Gasteiger partial charge in [-0.3, -0.25) is 9.48 Å². The van der Waals surface area contributed by atoms with E-state index in [-0.39, 0.29) is 17.8 Å². The standard InChI is InChI=1S/C25H23N3O4/c29-20-5-3-4-17(12-20)10-11-26-25(30)18-8-9-22-19(13-18)14-28(27-22)15-21-16-31-23-6-1-2-7-24(23)32-21/h1-9,12-14,21,29H,10-11,15-16H2,(H,26,30). The lowest BCUT2D eigenvalue weighted by molar-refractivity contribution is 0.0760. The van der Waals surface area contributed by atoms with Gasteiger partial charge in [0.2, 0.25) is 0 Å². The van der Waals surface area contributed by atoms with Crippen molar-refractivity contribution in [3.05, 3.63) is 84.1 Å². The number of para-hydroxylation sites is 2. The summed E-state index contributed by atoms with van der Waals surface area (Å²) in [4.78, 5) is 12.6. The summed E-state index contributed by atoms with van der Waals surface area (Å²) in [5.74, 6) is 1.59. The van der Waals surface area contributed by atoms with Crippen LogP contribution in [-0.4, -0.2) is 40.0 Å². The fraction of sp³-hybridized carbons (Fsp3) is 0.200. The summed E-state index contributed by atoms with van der Waals surface area (Å²) in [5, 5.41) is 18.0. The highest BCUT2D eigenvalue weighted by molar-refractivity contribution is 5.97. The number of phenolic OH excluding ortho intramolecular Hbond substituents is 1. The first kappa shape index (κ1) is 19.9. The van der Waals surface area contributed by atoms with Crippen molar-refractivity contribution in [1.29, 1.82) is 0 Å². The highest BCUT2D eigenvalue weighted by Gasteiger charge is 2.21. The maximum absolute atomic E-state index is 12.6. The monoisotopic (exact) mass is 429 g/mol. The predicted octanol–water partition coefficient (Wildman–Crippen LogP) is 3.55. The molecule has 3 aromatic carbocycles. The van der Waals surface area contributed by atoms with E-state index in [4.69, 9.17) is 9.47 Å². The van der Waals surface area contributed by atoms with Gasteiger partial charge in [-0.1, -0.05) is 24.3 Å². The number of hydrogen-bond donors (Lipinski definition) is 2. The number of rotatable bonds is 6. The zero-order valence-electron chi connectivity index (χ0n) is 17.4. The summed E-state index contributed by atoms with van der Waals surface area (Å²) in [6.45, 7) is 1.49. The number of hydrogen-bond acceptors (Lipinski definition) is 5. The van der Waals surface area contributed by atoms with Crippen molar-refractivity contribution in [1.82, 2.24) is 15.1 Å². The lowest BCUT2D eigenvalue weighted by Gasteiger charge is -2.26. The van der Waals surface area contributed by atoms with E-state index in [1.54, 1.807) is 24.3 Å². The molecule has 0 saturated heterocycles. The fourth-order valence-corrected chi connectivity index (χ4v) is 3.81. The molecule has 0 saturated carbocycles. The van der Waals surface area contributed by atoms with Gasteiger partial charge >= 0.3 is 0 Å². The topological polar surface area (TPSA) is 85.6 Å². The van der Waals surface area contributed by atoms with Gasteiger partial charge < -0.3 is 19.9 Å². The molecule has 0 fully saturated rings. The molecule has 4 aromatic rings. The second kappa shape index (κ2) is 8.63. The first-order valence-electron chi connectivity index (χ1n) is 10.6. The number of aromatic hydroxyl groups is 1. The number of nitrogens with one attached hydrogen (secondary N) is 1. The van der Waals surface area contributed by atoms with Gasteiger partial charge in [-0.05, 0) is 54.4 Å². The molecule has 32 heavy (non-hydrogen) atoms. The molecular formula is C25H23N3O4. The van der Waals surface area contributed by atoms with Crippen LogP contribution in [0.15, 0.2) is 72.9 Å². The third-order valence-electron chi connectivity index (χ3n) is 5.38. The smallest absolute Gasteiger partial charge is 0.251 e. The van der Waals surface area contributed by atoms with Gasteiger partial charge in [0.15, 0.2) is 17.6 Å². The molecular weight excluding hydrogens is 406 g/mol. The first-order valence-corrected chi connectivity index (χ1v) is 10.6. The molecule has 0 radical (unpaired) electrons. The summed E-state index contributed by atoms with van der Waals surface area (Å²) in [6.07, 6.45) is 2.43. The van der Waals surface area contributed by atoms with Crippen molar-refractivity contribution in [2.24, 2.45) is 0 Å². The van der Waals surface area contributed by atoms with Crippen LogP contribution < -0.4 is 14.8 Å². The van der Waals surface area contributed by atoms with E-state index in [0.717, 1.165) is 28.0 Å². The second-order valence-corrected chi connectivity index (χ2v) is 7.80. The highest BCUT2D eigenvalue weighted by atomic mass is 16.6. The van der Waals surface area contributed by atoms with Gasteiger partial charge in [0, 0.05) is 23.7 Å². The first-order chi connectivity index (χ1) is 15.6. The minimum absolute atomic E-state index is 0.138. The Balaban J connectivity index is 1.21. The third kappa shape index (κ3) is 4.37. The van der Waals surface area contributed by atoms with E-state index in [1.807, 2.05) is 53.3 Å². The Morgan fingerprint density at radius 3 is 2.84 bits per heavy atom. The predicted molar refractivity (Wildman–Crippen MR) is 120 cm³/mol. The SMILES string of the molecule is O=C(NCCc1cccc(O)c1)c1ccc2nn(CC3COc4ccccc4O3)cc2c1. The van der Waals surface area contributed by atoms with Crippen LogP contribution in [0.4, 0.5) is 0 Å². The molecule has 1 aliphatic heterocycles. The number of benzene rings is 3. The average molecular weight is 429 g/mol. The Bertz CT molecular complexity index is 1270. The molecule has 162 valence electrons. The van der Waals surface area contributed by atoms with Crippen molar-refractivity contribution in [3.8, 4) is 17.2 Å². The molecule has 0 spiro atoms. The zero-order chi connectivity index (χ0) is 21.9. The van der Waals surface area contributed by atoms with Gasteiger partial charge in [0.05, 0.1) is 12.1 Å². The van der Waals surface area contributed by atoms with E-state index < -0.39 is 0 Å². The maximum atomic E-state index is 12.6. The highest BCUT2D eigenvalue weighted by Crippen LogP contribution is 2.31. The van der Waals surface area contributed by atoms with E-state index in [2.05, 4.69) is 10.4 Å². The van der Waals surface area contributed by atoms with Gasteiger partial charge in [0.1, 0.15) is 12.4 Å². The Kier molecular flexibility index (Phi) is 5.37. The molecule has 0 aliphatic carbocycles. The Hall–Kier alpha value is -4.00. The summed E-state index contributed by atoms with van der Waals surface area (Å²) in [6, 6.07) is 20.1. The minimum Gasteiger partial charge on any atom is -0.508 e. The van der Waals surface area contributed by atoms with Crippen LogP contribution in [-0.2, 0) is 13.0 Å². The molecule has 2 N–H and O–H groups in total. The summed E-state index contributed by atoms with van der Waals surface area (Å²) in [7, 11) is 0. The van der Waals surface area contributed by atoms with E-state index in [0.29, 0.717) is 31.7 Å². The number of ether oxygens (including phenoxy) is 2. The lowest BCUT2D eigenvalue weighted by atomic mass is 10.1. The van der Waals surface area contributed by atoms with Gasteiger partial charge in [-0.25, -0.2) is 0 Å². The van der Waals surface area contributed by atoms with Gasteiger partial charge in [-0.2, -0.15) is 5.10 Å². The minimum atomic E-state index is -0.139. The molecule has 7 heteroatoms. The summed E-state index contributed by atoms with van der Waals surface area (Å²) < 4.78 is 13.6. The molecule has 1 amide bonds. The lowest BCUT2D eigenvalue weighted by Crippen LogP contribution is -2.33. The number of aromatic nitrogens is 2. The summed E-state index contributed by atoms with van der Waals surface area (Å²) in [5.41, 5.74) is 2.37. The van der Waals surface area contributed by atoms with Crippen LogP contribution in [0, 0.1) is 0 Å². The van der Waals surface area contributed by atoms with Crippen LogP contribution in [0.3, 0.4) is 0 Å². The number of carbonyl (C=O) groups is 1. The van der Waals surface area contributed by atoms with E-state index in [1.165, 1.54) is 0 Å². The molecule has 0 bridgehead atoms. The number of carbonyl (C=O) groups excluding carboxylic acids is 1. The van der Waals surface area contributed by atoms with E-state index in [9.17, 15) is 9.90 Å². The quantitative estimate of drug-likeness (QED) is 0.490. The van der Waals surface area contributed by atoms with Crippen molar-refractivity contribution in [3.63, 3.8) is 0 Å². The van der Waals surface area contributed by atoms with Gasteiger partial charge in [-0.15, -0.1) is 0 Å². The largest absolute Gasteiger partial charge is 0.508 e. The summed E-state index contributed by atoms with van der Waals surface area (Å²) >= 11 is 0. The molecule has 1 aromatic heterocycles. The van der Waals surface area contributed by atoms with Crippen LogP contribution in [0.25, 0.3) is 10.9 Å². The second-order valence-electron chi connectivity index (χ2n) is 7.80. The fourth-order valence-electron chi connectivity index (χ4n) is 3.81. The number of amides is 1. The van der Waals surface area contributed by atoms with Crippen LogP contribution in [0.5, 0.6) is 17.2 Å². The molecule has 5 rings (SSSR count). The van der Waals surface area contributed by atoms with Crippen molar-refractivity contribution < 1.29 is 19.4 Å². The number of nitrogens with zero attached hydrogens (tertiary/aromatic N) is 2. The van der Waals surface area contributed by atoms with Crippen LogP contribution in [0.1, 0.15) is 15.9 Å². The van der Waals surface area contributed by atoms with Crippen LogP contribution in [0.2, 0.25) is 0 Å². The van der Waals surface area contributed by atoms with Crippen molar-refractivity contribution in [2.45, 2.75) is 19.1 Å². The molecule has 1 unspecified atom stereocenters. The molecule has 1 atom stereocenters. The van der Waals surface area contributed by atoms with Crippen LogP contribution >= 0.6 is 0 Å². The zero-order valence-corrected chi connectivity index (χ0v) is 17.4.